The third-order valence-corrected chi connectivity index (χ3v) is 5.03. The molecule has 3 aromatic rings. The van der Waals surface area contributed by atoms with Crippen molar-refractivity contribution in [3.63, 3.8) is 0 Å². The molecule has 0 spiro atoms. The number of aromatic nitrogens is 1. The van der Waals surface area contributed by atoms with Crippen LogP contribution in [0.25, 0.3) is 16.4 Å². The molecule has 3 rings (SSSR count). The highest BCUT2D eigenvalue weighted by atomic mass is 32.2. The maximum absolute atomic E-state index is 13.2. The molecule has 0 saturated heterocycles. The summed E-state index contributed by atoms with van der Waals surface area (Å²) in [4.78, 5) is 12.3. The Bertz CT molecular complexity index is 1100. The summed E-state index contributed by atoms with van der Waals surface area (Å²) in [6.45, 7) is 2.11. The minimum absolute atomic E-state index is 0.190. The van der Waals surface area contributed by atoms with Crippen LogP contribution in [0.4, 0.5) is 8.78 Å². The van der Waals surface area contributed by atoms with Gasteiger partial charge in [0, 0.05) is 24.6 Å². The van der Waals surface area contributed by atoms with E-state index in [4.69, 9.17) is 4.74 Å². The van der Waals surface area contributed by atoms with E-state index in [-0.39, 0.29) is 19.3 Å². The van der Waals surface area contributed by atoms with Gasteiger partial charge < -0.3 is 13.3 Å². The molecule has 0 atom stereocenters. The third-order valence-electron chi connectivity index (χ3n) is 3.74. The predicted octanol–water partition coefficient (Wildman–Crippen LogP) is 3.59. The molecular weight excluding hydrogens is 368 g/mol. The number of rotatable bonds is 5. The largest absolute Gasteiger partial charge is 0.462 e. The van der Waals surface area contributed by atoms with Crippen LogP contribution in [0.1, 0.15) is 24.2 Å². The van der Waals surface area contributed by atoms with Gasteiger partial charge in [0.2, 0.25) is 0 Å². The van der Waals surface area contributed by atoms with Crippen LogP contribution in [0.3, 0.4) is 0 Å². The second-order valence-corrected chi connectivity index (χ2v) is 7.37. The van der Waals surface area contributed by atoms with Crippen LogP contribution < -0.4 is 4.18 Å². The van der Waals surface area contributed by atoms with Crippen LogP contribution in [0, 0.1) is 0 Å². The molecule has 2 aromatic heterocycles. The van der Waals surface area contributed by atoms with E-state index in [2.05, 4.69) is 4.18 Å². The van der Waals surface area contributed by atoms with Crippen molar-refractivity contribution in [3.8, 4) is 5.75 Å². The molecule has 0 aliphatic heterocycles. The van der Waals surface area contributed by atoms with E-state index < -0.39 is 21.3 Å². The summed E-state index contributed by atoms with van der Waals surface area (Å²) in [5.74, 6) is -0.815. The molecular formula is C17H15F2NO5S. The van der Waals surface area contributed by atoms with Gasteiger partial charge in [-0.05, 0) is 31.2 Å². The summed E-state index contributed by atoms with van der Waals surface area (Å²) < 4.78 is 60.7. The molecule has 0 fully saturated rings. The van der Waals surface area contributed by atoms with Gasteiger partial charge in [-0.3, -0.25) is 0 Å². The van der Waals surface area contributed by atoms with Crippen LogP contribution in [0.15, 0.2) is 42.6 Å². The van der Waals surface area contributed by atoms with Gasteiger partial charge in [0.25, 0.3) is 0 Å². The average Bonchev–Trinajstić information content (AvgIpc) is 2.87. The predicted molar refractivity (Wildman–Crippen MR) is 91.0 cm³/mol. The molecule has 0 aliphatic rings. The minimum Gasteiger partial charge on any atom is -0.462 e. The summed E-state index contributed by atoms with van der Waals surface area (Å²) in [6.07, 6.45) is 1.66. The fraction of sp³-hybridized carbons (Fsp3) is 0.235. The SMILES string of the molecule is CCOC(=O)c1c2ccc(OS(=O)(=O)C(C)(F)F)cc2n2ccccc12. The number of halogens is 2. The number of pyridine rings is 1. The number of carbonyl (C=O) groups is 1. The zero-order valence-electron chi connectivity index (χ0n) is 13.9. The zero-order chi connectivity index (χ0) is 19.1. The number of ether oxygens (including phenoxy) is 1. The molecule has 0 saturated carbocycles. The number of esters is 1. The molecule has 0 aliphatic carbocycles. The van der Waals surface area contributed by atoms with Gasteiger partial charge in [-0.15, -0.1) is 0 Å². The highest BCUT2D eigenvalue weighted by molar-refractivity contribution is 7.88. The molecule has 0 N–H and O–H groups in total. The van der Waals surface area contributed by atoms with Crippen LogP contribution in [-0.2, 0) is 14.9 Å². The number of benzene rings is 1. The van der Waals surface area contributed by atoms with E-state index in [0.29, 0.717) is 22.0 Å². The van der Waals surface area contributed by atoms with Crippen LogP contribution in [0.5, 0.6) is 5.75 Å². The van der Waals surface area contributed by atoms with Crippen molar-refractivity contribution in [2.24, 2.45) is 0 Å². The highest BCUT2D eigenvalue weighted by Crippen LogP contribution is 2.32. The normalized spacial score (nSPS) is 12.5. The molecule has 0 unspecified atom stereocenters. The van der Waals surface area contributed by atoms with Gasteiger partial charge in [0.1, 0.15) is 5.75 Å². The Balaban J connectivity index is 2.20. The number of carbonyl (C=O) groups excluding carboxylic acids is 1. The first-order chi connectivity index (χ1) is 12.2. The van der Waals surface area contributed by atoms with Crippen LogP contribution in [0.2, 0.25) is 0 Å². The molecule has 138 valence electrons. The van der Waals surface area contributed by atoms with Gasteiger partial charge in [-0.25, -0.2) is 4.79 Å². The fourth-order valence-corrected chi connectivity index (χ4v) is 3.09. The molecule has 26 heavy (non-hydrogen) atoms. The van der Waals surface area contributed by atoms with Gasteiger partial charge in [0.15, 0.2) is 0 Å². The summed E-state index contributed by atoms with van der Waals surface area (Å²) in [7, 11) is -5.13. The quantitative estimate of drug-likeness (QED) is 0.497. The zero-order valence-corrected chi connectivity index (χ0v) is 14.7. The Morgan fingerprint density at radius 3 is 2.58 bits per heavy atom. The lowest BCUT2D eigenvalue weighted by Gasteiger charge is -2.12. The van der Waals surface area contributed by atoms with Crippen molar-refractivity contribution < 1.29 is 30.9 Å². The van der Waals surface area contributed by atoms with Crippen molar-refractivity contribution in [1.82, 2.24) is 4.40 Å². The van der Waals surface area contributed by atoms with E-state index in [9.17, 15) is 22.0 Å². The molecule has 0 amide bonds. The number of nitrogens with zero attached hydrogens (tertiary/aromatic N) is 1. The molecule has 2 heterocycles. The Kier molecular flexibility index (Phi) is 4.35. The van der Waals surface area contributed by atoms with Crippen molar-refractivity contribution in [2.45, 2.75) is 19.1 Å². The maximum Gasteiger partial charge on any atom is 0.377 e. The Morgan fingerprint density at radius 2 is 1.92 bits per heavy atom. The second kappa shape index (κ2) is 6.24. The molecule has 9 heteroatoms. The first-order valence-electron chi connectivity index (χ1n) is 7.67. The third kappa shape index (κ3) is 2.98. The minimum atomic E-state index is -5.13. The maximum atomic E-state index is 13.2. The molecule has 6 nitrogen and oxygen atoms in total. The van der Waals surface area contributed by atoms with Crippen molar-refractivity contribution >= 4 is 32.5 Å². The highest BCUT2D eigenvalue weighted by Gasteiger charge is 2.42. The first kappa shape index (κ1) is 18.1. The van der Waals surface area contributed by atoms with Gasteiger partial charge in [-0.2, -0.15) is 17.2 Å². The fourth-order valence-electron chi connectivity index (χ4n) is 2.59. The number of fused-ring (bicyclic) bond motifs is 3. The Hall–Kier alpha value is -2.68. The lowest BCUT2D eigenvalue weighted by atomic mass is 10.1. The first-order valence-corrected chi connectivity index (χ1v) is 9.08. The molecule has 0 radical (unpaired) electrons. The lowest BCUT2D eigenvalue weighted by Crippen LogP contribution is -2.29. The van der Waals surface area contributed by atoms with E-state index in [1.807, 2.05) is 0 Å². The van der Waals surface area contributed by atoms with E-state index >= 15 is 0 Å². The summed E-state index contributed by atoms with van der Waals surface area (Å²) >= 11 is 0. The number of alkyl halides is 2. The van der Waals surface area contributed by atoms with Crippen LogP contribution >= 0.6 is 0 Å². The Labute approximate surface area is 148 Å². The summed E-state index contributed by atoms with van der Waals surface area (Å²) in [5.41, 5.74) is 1.27. The lowest BCUT2D eigenvalue weighted by molar-refractivity contribution is 0.0531. The van der Waals surface area contributed by atoms with Crippen molar-refractivity contribution in [2.75, 3.05) is 6.61 Å². The standard InChI is InChI=1S/C17H15F2NO5S/c1-3-24-16(21)15-12-8-7-11(25-26(22,23)17(2,18)19)10-14(12)20-9-5-4-6-13(15)20/h4-10H,3H2,1-2H3. The average molecular weight is 383 g/mol. The molecule has 1 aromatic carbocycles. The summed E-state index contributed by atoms with van der Waals surface area (Å²) in [5, 5.41) is -3.55. The monoisotopic (exact) mass is 383 g/mol. The Morgan fingerprint density at radius 1 is 1.19 bits per heavy atom. The van der Waals surface area contributed by atoms with Gasteiger partial charge in [-0.1, -0.05) is 6.07 Å². The van der Waals surface area contributed by atoms with Gasteiger partial charge in [0.05, 0.1) is 23.2 Å². The van der Waals surface area contributed by atoms with Crippen LogP contribution in [-0.4, -0.2) is 30.6 Å². The smallest absolute Gasteiger partial charge is 0.377 e. The van der Waals surface area contributed by atoms with E-state index in [0.717, 1.165) is 0 Å². The number of hydrogen-bond donors (Lipinski definition) is 0. The van der Waals surface area contributed by atoms with Crippen molar-refractivity contribution in [3.05, 3.63) is 48.2 Å². The number of hydrogen-bond acceptors (Lipinski definition) is 5. The topological polar surface area (TPSA) is 74.1 Å². The van der Waals surface area contributed by atoms with Crippen molar-refractivity contribution in [1.29, 1.82) is 0 Å². The van der Waals surface area contributed by atoms with E-state index in [1.54, 1.807) is 35.7 Å². The van der Waals surface area contributed by atoms with Gasteiger partial charge >= 0.3 is 21.3 Å². The second-order valence-electron chi connectivity index (χ2n) is 5.58. The van der Waals surface area contributed by atoms with E-state index in [1.165, 1.54) is 18.2 Å². The molecule has 0 bridgehead atoms. The summed E-state index contributed by atoms with van der Waals surface area (Å²) in [6, 6.07) is 9.08.